The first-order valence-electron chi connectivity index (χ1n) is 7.94. The summed E-state index contributed by atoms with van der Waals surface area (Å²) in [5.41, 5.74) is 0.102. The molecule has 23 heavy (non-hydrogen) atoms. The van der Waals surface area contributed by atoms with Gasteiger partial charge in [-0.25, -0.2) is 8.42 Å². The molecule has 0 aliphatic carbocycles. The SMILES string of the molecule is O=C1CCC2(CCN1)CCN(S(=O)(=O)c1ccc(Cl)cc1)CC2. The van der Waals surface area contributed by atoms with Crippen LogP contribution in [0.25, 0.3) is 0 Å². The van der Waals surface area contributed by atoms with Gasteiger partial charge in [0.05, 0.1) is 4.90 Å². The molecule has 0 radical (unpaired) electrons. The van der Waals surface area contributed by atoms with Crippen LogP contribution in [0.4, 0.5) is 0 Å². The number of nitrogens with zero attached hydrogens (tertiary/aromatic N) is 1. The molecule has 0 atom stereocenters. The van der Waals surface area contributed by atoms with Gasteiger partial charge in [0.2, 0.25) is 15.9 Å². The number of nitrogens with one attached hydrogen (secondary N) is 1. The van der Waals surface area contributed by atoms with Gasteiger partial charge in [-0.05, 0) is 55.4 Å². The topological polar surface area (TPSA) is 66.5 Å². The number of amides is 1. The molecular weight excluding hydrogens is 336 g/mol. The van der Waals surface area contributed by atoms with E-state index >= 15 is 0 Å². The van der Waals surface area contributed by atoms with Crippen LogP contribution in [0.1, 0.15) is 32.1 Å². The minimum Gasteiger partial charge on any atom is -0.356 e. The average Bonchev–Trinajstić information content (AvgIpc) is 2.71. The van der Waals surface area contributed by atoms with Gasteiger partial charge in [-0.2, -0.15) is 4.31 Å². The zero-order valence-corrected chi connectivity index (χ0v) is 14.5. The highest BCUT2D eigenvalue weighted by molar-refractivity contribution is 7.89. The van der Waals surface area contributed by atoms with E-state index in [2.05, 4.69) is 5.32 Å². The molecule has 1 spiro atoms. The van der Waals surface area contributed by atoms with Gasteiger partial charge in [0, 0.05) is 31.1 Å². The Morgan fingerprint density at radius 3 is 2.35 bits per heavy atom. The molecule has 2 saturated heterocycles. The van der Waals surface area contributed by atoms with E-state index in [1.165, 1.54) is 0 Å². The number of rotatable bonds is 2. The number of hydrogen-bond acceptors (Lipinski definition) is 3. The summed E-state index contributed by atoms with van der Waals surface area (Å²) in [6.45, 7) is 1.72. The van der Waals surface area contributed by atoms with E-state index in [0.29, 0.717) is 31.1 Å². The Bertz CT molecular complexity index is 680. The summed E-state index contributed by atoms with van der Waals surface area (Å²) in [6, 6.07) is 6.30. The Morgan fingerprint density at radius 2 is 1.70 bits per heavy atom. The fourth-order valence-corrected chi connectivity index (χ4v) is 5.08. The molecule has 2 aliphatic rings. The van der Waals surface area contributed by atoms with Gasteiger partial charge in [-0.1, -0.05) is 11.6 Å². The van der Waals surface area contributed by atoms with Gasteiger partial charge in [-0.3, -0.25) is 4.79 Å². The predicted molar refractivity (Wildman–Crippen MR) is 88.7 cm³/mol. The lowest BCUT2D eigenvalue weighted by Crippen LogP contribution is -2.43. The first kappa shape index (κ1) is 16.7. The average molecular weight is 357 g/mol. The van der Waals surface area contributed by atoms with Gasteiger partial charge in [0.15, 0.2) is 0 Å². The molecule has 126 valence electrons. The second kappa shape index (κ2) is 6.42. The third kappa shape index (κ3) is 3.54. The van der Waals surface area contributed by atoms with Crippen LogP contribution < -0.4 is 5.32 Å². The second-order valence-electron chi connectivity index (χ2n) is 6.46. The van der Waals surface area contributed by atoms with Crippen LogP contribution in [-0.4, -0.2) is 38.3 Å². The van der Waals surface area contributed by atoms with Crippen LogP contribution in [0.15, 0.2) is 29.2 Å². The standard InChI is InChI=1S/C16H21ClN2O3S/c17-13-1-3-14(4-2-13)23(21,22)19-11-8-16(9-12-19)6-5-15(20)18-10-7-16/h1-4H,5-12H2,(H,18,20). The smallest absolute Gasteiger partial charge is 0.243 e. The highest BCUT2D eigenvalue weighted by Gasteiger charge is 2.39. The van der Waals surface area contributed by atoms with Crippen LogP contribution in [0.3, 0.4) is 0 Å². The minimum absolute atomic E-state index is 0.102. The molecule has 7 heteroatoms. The monoisotopic (exact) mass is 356 g/mol. The molecule has 2 aliphatic heterocycles. The van der Waals surface area contributed by atoms with Gasteiger partial charge in [0.25, 0.3) is 0 Å². The molecule has 3 rings (SSSR count). The lowest BCUT2D eigenvalue weighted by Gasteiger charge is -2.40. The Hall–Kier alpha value is -1.11. The minimum atomic E-state index is -3.46. The first-order chi connectivity index (χ1) is 10.9. The molecule has 0 unspecified atom stereocenters. The maximum Gasteiger partial charge on any atom is 0.243 e. The summed E-state index contributed by atoms with van der Waals surface area (Å²) in [6.07, 6.45) is 3.97. The fraction of sp³-hybridized carbons (Fsp3) is 0.562. The molecule has 0 saturated carbocycles. The molecule has 2 heterocycles. The Labute approximate surface area is 142 Å². The number of carbonyl (C=O) groups is 1. The molecule has 5 nitrogen and oxygen atoms in total. The van der Waals surface area contributed by atoms with Crippen LogP contribution in [-0.2, 0) is 14.8 Å². The number of sulfonamides is 1. The van der Waals surface area contributed by atoms with E-state index in [0.717, 1.165) is 25.7 Å². The van der Waals surface area contributed by atoms with E-state index in [1.807, 2.05) is 0 Å². The highest BCUT2D eigenvalue weighted by atomic mass is 35.5. The van der Waals surface area contributed by atoms with Gasteiger partial charge < -0.3 is 5.32 Å². The van der Waals surface area contributed by atoms with Gasteiger partial charge in [-0.15, -0.1) is 0 Å². The van der Waals surface area contributed by atoms with Crippen molar-refractivity contribution in [2.45, 2.75) is 37.0 Å². The summed E-state index contributed by atoms with van der Waals surface area (Å²) in [7, 11) is -3.46. The number of carbonyl (C=O) groups excluding carboxylic acids is 1. The fourth-order valence-electron chi connectivity index (χ4n) is 3.52. The van der Waals surface area contributed by atoms with Crippen molar-refractivity contribution >= 4 is 27.5 Å². The summed E-state index contributed by atoms with van der Waals surface area (Å²) >= 11 is 5.83. The normalized spacial score (nSPS) is 22.6. The summed E-state index contributed by atoms with van der Waals surface area (Å²) in [4.78, 5) is 11.8. The van der Waals surface area contributed by atoms with Crippen LogP contribution >= 0.6 is 11.6 Å². The van der Waals surface area contributed by atoms with E-state index in [9.17, 15) is 13.2 Å². The van der Waals surface area contributed by atoms with Crippen molar-refractivity contribution in [1.29, 1.82) is 0 Å². The van der Waals surface area contributed by atoms with Gasteiger partial charge >= 0.3 is 0 Å². The number of halogens is 1. The molecule has 1 N–H and O–H groups in total. The molecule has 2 fully saturated rings. The van der Waals surface area contributed by atoms with Crippen LogP contribution in [0, 0.1) is 5.41 Å². The Kier molecular flexibility index (Phi) is 4.67. The summed E-state index contributed by atoms with van der Waals surface area (Å²) in [5.74, 6) is 0.109. The first-order valence-corrected chi connectivity index (χ1v) is 9.76. The maximum absolute atomic E-state index is 12.7. The van der Waals surface area contributed by atoms with Crippen molar-refractivity contribution in [3.8, 4) is 0 Å². The quantitative estimate of drug-likeness (QED) is 0.884. The molecule has 0 bridgehead atoms. The highest BCUT2D eigenvalue weighted by Crippen LogP contribution is 2.41. The molecule has 0 aromatic heterocycles. The number of hydrogen-bond donors (Lipinski definition) is 1. The largest absolute Gasteiger partial charge is 0.356 e. The van der Waals surface area contributed by atoms with Crippen molar-refractivity contribution in [3.05, 3.63) is 29.3 Å². The van der Waals surface area contributed by atoms with Crippen molar-refractivity contribution < 1.29 is 13.2 Å². The summed E-state index contributed by atoms with van der Waals surface area (Å²) < 4.78 is 27.0. The van der Waals surface area contributed by atoms with Crippen molar-refractivity contribution in [2.75, 3.05) is 19.6 Å². The zero-order valence-electron chi connectivity index (χ0n) is 12.9. The van der Waals surface area contributed by atoms with E-state index in [1.54, 1.807) is 28.6 Å². The molecular formula is C16H21ClN2O3S. The molecule has 1 aromatic carbocycles. The molecule has 1 amide bonds. The Balaban J connectivity index is 1.70. The lowest BCUT2D eigenvalue weighted by atomic mass is 9.73. The zero-order chi connectivity index (χ0) is 16.5. The number of benzene rings is 1. The van der Waals surface area contributed by atoms with E-state index in [-0.39, 0.29) is 16.2 Å². The number of piperidine rings is 1. The third-order valence-electron chi connectivity index (χ3n) is 5.09. The second-order valence-corrected chi connectivity index (χ2v) is 8.83. The lowest BCUT2D eigenvalue weighted by molar-refractivity contribution is -0.120. The van der Waals surface area contributed by atoms with E-state index in [4.69, 9.17) is 11.6 Å². The third-order valence-corrected chi connectivity index (χ3v) is 7.26. The van der Waals surface area contributed by atoms with Crippen LogP contribution in [0.5, 0.6) is 0 Å². The van der Waals surface area contributed by atoms with Crippen LogP contribution in [0.2, 0.25) is 5.02 Å². The summed E-state index contributed by atoms with van der Waals surface area (Å²) in [5, 5.41) is 3.43. The van der Waals surface area contributed by atoms with E-state index < -0.39 is 10.0 Å². The molecule has 1 aromatic rings. The van der Waals surface area contributed by atoms with Gasteiger partial charge in [0.1, 0.15) is 0 Å². The van der Waals surface area contributed by atoms with Crippen molar-refractivity contribution in [1.82, 2.24) is 9.62 Å². The van der Waals surface area contributed by atoms with Crippen molar-refractivity contribution in [3.63, 3.8) is 0 Å². The Morgan fingerprint density at radius 1 is 1.04 bits per heavy atom. The van der Waals surface area contributed by atoms with Crippen molar-refractivity contribution in [2.24, 2.45) is 5.41 Å². The maximum atomic E-state index is 12.7. The predicted octanol–water partition coefficient (Wildman–Crippen LogP) is 2.41.